The number of aromatic hydroxyl groups is 1. The Morgan fingerprint density at radius 1 is 1.29 bits per heavy atom. The summed E-state index contributed by atoms with van der Waals surface area (Å²) in [4.78, 5) is 4.00. The summed E-state index contributed by atoms with van der Waals surface area (Å²) in [6, 6.07) is 0. The summed E-state index contributed by atoms with van der Waals surface area (Å²) in [6.45, 7) is 5.03. The maximum atomic E-state index is 11.0. The maximum absolute atomic E-state index is 11.0. The van der Waals surface area contributed by atoms with Crippen LogP contribution < -0.4 is 29.6 Å². The molecule has 7 nitrogen and oxygen atoms in total. The molecule has 1 aromatic heterocycles. The van der Waals surface area contributed by atoms with E-state index in [1.807, 2.05) is 0 Å². The minimum absolute atomic E-state index is 0. The molecular weight excluding hydrogens is 309 g/mol. The molecule has 0 spiro atoms. The fraction of sp³-hybridized carbons (Fsp3) is 0.583. The van der Waals surface area contributed by atoms with Crippen molar-refractivity contribution in [2.45, 2.75) is 45.5 Å². The Kier molecular flexibility index (Phi) is 5.82. The fourth-order valence-corrected chi connectivity index (χ4v) is 2.58. The van der Waals surface area contributed by atoms with Crippen LogP contribution in [0, 0.1) is 6.92 Å². The molecule has 0 bridgehead atoms. The first kappa shape index (κ1) is 18.8. The minimum atomic E-state index is -4.47. The second kappa shape index (κ2) is 6.49. The molecule has 2 heterocycles. The first-order valence-electron chi connectivity index (χ1n) is 6.01. The van der Waals surface area contributed by atoms with Gasteiger partial charge in [-0.1, -0.05) is 0 Å². The molecule has 0 atom stereocenters. The molecule has 1 aromatic rings. The van der Waals surface area contributed by atoms with E-state index < -0.39 is 21.7 Å². The summed E-state index contributed by atoms with van der Waals surface area (Å²) >= 11 is 0. The van der Waals surface area contributed by atoms with Gasteiger partial charge in [-0.05, 0) is 20.8 Å². The molecule has 112 valence electrons. The molecule has 1 aliphatic heterocycles. The van der Waals surface area contributed by atoms with Gasteiger partial charge in [0.15, 0.2) is 5.79 Å². The van der Waals surface area contributed by atoms with Crippen LogP contribution in [0.25, 0.3) is 0 Å². The van der Waals surface area contributed by atoms with Crippen LogP contribution in [0.5, 0.6) is 5.75 Å². The van der Waals surface area contributed by atoms with Gasteiger partial charge >= 0.3 is 29.6 Å². The number of nitrogens with zero attached hydrogens (tertiary/aromatic N) is 1. The summed E-state index contributed by atoms with van der Waals surface area (Å²) in [5.74, 6) is -1.67. The van der Waals surface area contributed by atoms with Crippen molar-refractivity contribution in [3.8, 4) is 5.75 Å². The SMILES string of the molecule is Cc1nc(CS(=O)(=O)[O-])c2c(c1O)COC(C)(C)OC2.[Na+]. The molecule has 0 unspecified atom stereocenters. The predicted molar refractivity (Wildman–Crippen MR) is 67.7 cm³/mol. The van der Waals surface area contributed by atoms with Crippen molar-refractivity contribution in [1.29, 1.82) is 0 Å². The summed E-state index contributed by atoms with van der Waals surface area (Å²) in [7, 11) is -4.47. The average Bonchev–Trinajstić information content (AvgIpc) is 2.43. The first-order valence-corrected chi connectivity index (χ1v) is 7.58. The minimum Gasteiger partial charge on any atom is -0.748 e. The zero-order valence-electron chi connectivity index (χ0n) is 12.5. The molecule has 9 heteroatoms. The average molecular weight is 325 g/mol. The Labute approximate surface area is 145 Å². The van der Waals surface area contributed by atoms with Crippen molar-refractivity contribution in [2.24, 2.45) is 0 Å². The number of ether oxygens (including phenoxy) is 2. The van der Waals surface area contributed by atoms with Gasteiger partial charge in [0, 0.05) is 11.1 Å². The molecule has 0 radical (unpaired) electrons. The quantitative estimate of drug-likeness (QED) is 0.491. The second-order valence-corrected chi connectivity index (χ2v) is 6.53. The third-order valence-electron chi connectivity index (χ3n) is 3.09. The Morgan fingerprint density at radius 3 is 2.33 bits per heavy atom. The third-order valence-corrected chi connectivity index (χ3v) is 3.71. The van der Waals surface area contributed by atoms with E-state index in [1.165, 1.54) is 6.92 Å². The number of aromatic nitrogens is 1. The van der Waals surface area contributed by atoms with Crippen molar-refractivity contribution in [1.82, 2.24) is 4.98 Å². The second-order valence-electron chi connectivity index (χ2n) is 5.13. The van der Waals surface area contributed by atoms with Crippen molar-refractivity contribution in [2.75, 3.05) is 0 Å². The van der Waals surface area contributed by atoms with Crippen LogP contribution in [0.15, 0.2) is 0 Å². The van der Waals surface area contributed by atoms with Crippen molar-refractivity contribution < 1.29 is 57.1 Å². The molecular formula is C12H16NNaO6S. The Hall–Kier alpha value is -0.220. The van der Waals surface area contributed by atoms with Gasteiger partial charge in [0.25, 0.3) is 0 Å². The Morgan fingerprint density at radius 2 is 1.81 bits per heavy atom. The normalized spacial score (nSPS) is 17.5. The Bertz CT molecular complexity index is 644. The molecule has 0 saturated heterocycles. The molecule has 0 aliphatic carbocycles. The zero-order valence-corrected chi connectivity index (χ0v) is 15.3. The van der Waals surface area contributed by atoms with Crippen LogP contribution in [0.3, 0.4) is 0 Å². The van der Waals surface area contributed by atoms with E-state index in [0.717, 1.165) is 0 Å². The predicted octanol–water partition coefficient (Wildman–Crippen LogP) is -2.07. The van der Waals surface area contributed by atoms with E-state index >= 15 is 0 Å². The van der Waals surface area contributed by atoms with Gasteiger partial charge in [-0.2, -0.15) is 0 Å². The first-order chi connectivity index (χ1) is 9.09. The van der Waals surface area contributed by atoms with Gasteiger partial charge in [-0.15, -0.1) is 0 Å². The van der Waals surface area contributed by atoms with Gasteiger partial charge < -0.3 is 19.1 Å². The monoisotopic (exact) mass is 325 g/mol. The fourth-order valence-electron chi connectivity index (χ4n) is 2.00. The zero-order chi connectivity index (χ0) is 15.1. The van der Waals surface area contributed by atoms with Gasteiger partial charge in [0.05, 0.1) is 30.4 Å². The molecule has 1 N–H and O–H groups in total. The van der Waals surface area contributed by atoms with Gasteiger partial charge in [-0.25, -0.2) is 8.42 Å². The molecule has 21 heavy (non-hydrogen) atoms. The number of fused-ring (bicyclic) bond motifs is 1. The van der Waals surface area contributed by atoms with Crippen LogP contribution in [0.1, 0.15) is 36.4 Å². The van der Waals surface area contributed by atoms with Gasteiger partial charge in [0.2, 0.25) is 0 Å². The van der Waals surface area contributed by atoms with Gasteiger partial charge in [-0.3, -0.25) is 4.98 Å². The summed E-state index contributed by atoms with van der Waals surface area (Å²) in [5.41, 5.74) is 1.18. The molecule has 1 aliphatic rings. The van der Waals surface area contributed by atoms with E-state index in [0.29, 0.717) is 11.1 Å². The smallest absolute Gasteiger partial charge is 0.748 e. The summed E-state index contributed by atoms with van der Waals surface area (Å²) in [6.07, 6.45) is 0. The van der Waals surface area contributed by atoms with Crippen LogP contribution >= 0.6 is 0 Å². The summed E-state index contributed by atoms with van der Waals surface area (Å²) < 4.78 is 43.9. The molecule has 0 aromatic carbocycles. The topological polar surface area (TPSA) is 109 Å². The van der Waals surface area contributed by atoms with Gasteiger partial charge in [0.1, 0.15) is 15.9 Å². The standard InChI is InChI=1S/C12H17NO6S.Na/c1-7-11(14)9-5-19-12(2,3)18-4-8(9)10(13-7)6-20(15,16)17;/h14H,4-6H2,1-3H3,(H,15,16,17);/q;+1/p-1. The maximum Gasteiger partial charge on any atom is 1.00 e. The molecule has 0 fully saturated rings. The van der Waals surface area contributed by atoms with Crippen LogP contribution in [-0.2, 0) is 38.6 Å². The van der Waals surface area contributed by atoms with Crippen molar-refractivity contribution >= 4 is 10.1 Å². The Balaban J connectivity index is 0.00000220. The molecule has 2 rings (SSSR count). The number of aryl methyl sites for hydroxylation is 1. The largest absolute Gasteiger partial charge is 1.00 e. The number of hydrogen-bond donors (Lipinski definition) is 1. The number of pyridine rings is 1. The number of hydrogen-bond acceptors (Lipinski definition) is 7. The number of rotatable bonds is 2. The van der Waals surface area contributed by atoms with Crippen LogP contribution in [0.2, 0.25) is 0 Å². The van der Waals surface area contributed by atoms with Crippen molar-refractivity contribution in [3.63, 3.8) is 0 Å². The van der Waals surface area contributed by atoms with E-state index in [4.69, 9.17) is 9.47 Å². The molecule has 0 saturated carbocycles. The van der Waals surface area contributed by atoms with Crippen LogP contribution in [0.4, 0.5) is 0 Å². The van der Waals surface area contributed by atoms with E-state index in [9.17, 15) is 18.1 Å². The van der Waals surface area contributed by atoms with E-state index in [1.54, 1.807) is 13.8 Å². The van der Waals surface area contributed by atoms with E-state index in [-0.39, 0.29) is 59.9 Å². The molecule has 0 amide bonds. The van der Waals surface area contributed by atoms with Crippen molar-refractivity contribution in [3.05, 3.63) is 22.5 Å². The van der Waals surface area contributed by atoms with E-state index in [2.05, 4.69) is 4.98 Å². The van der Waals surface area contributed by atoms with Crippen LogP contribution in [-0.4, -0.2) is 28.8 Å². The summed E-state index contributed by atoms with van der Waals surface area (Å²) in [5, 5.41) is 10.0. The third kappa shape index (κ3) is 4.62.